The van der Waals surface area contributed by atoms with Gasteiger partial charge in [-0.3, -0.25) is 29.0 Å². The van der Waals surface area contributed by atoms with Crippen LogP contribution in [0.5, 0.6) is 11.5 Å². The minimum absolute atomic E-state index is 0.0359. The molecule has 0 aliphatic carbocycles. The molecule has 0 unspecified atom stereocenters. The molecule has 370 valence electrons. The molecule has 15 nitrogen and oxygen atoms in total. The molecule has 3 aromatic carbocycles. The molecule has 4 heterocycles. The number of aryl methyl sites for hydroxylation is 1. The van der Waals surface area contributed by atoms with Crippen LogP contribution in [0.25, 0.3) is 33.3 Å². The second-order valence-electron chi connectivity index (χ2n) is 19.6. The van der Waals surface area contributed by atoms with Crippen LogP contribution in [-0.2, 0) is 59.3 Å². The van der Waals surface area contributed by atoms with E-state index >= 15 is 4.39 Å². The summed E-state index contributed by atoms with van der Waals surface area (Å²) in [5.74, 6) is -4.32. The molecule has 4 atom stereocenters. The molecule has 4 aromatic rings. The number of hydrogen-bond acceptors (Lipinski definition) is 10. The predicted octanol–water partition coefficient (Wildman–Crippen LogP) is 6.20. The van der Waals surface area contributed by atoms with E-state index < -0.39 is 64.7 Å². The number of hydrazine groups is 1. The highest BCUT2D eigenvalue weighted by Crippen LogP contribution is 2.45. The van der Waals surface area contributed by atoms with Crippen LogP contribution >= 0.6 is 0 Å². The van der Waals surface area contributed by atoms with E-state index in [0.29, 0.717) is 68.7 Å². The van der Waals surface area contributed by atoms with Gasteiger partial charge in [-0.1, -0.05) is 52.5 Å². The number of cyclic esters (lactones) is 1. The van der Waals surface area contributed by atoms with Crippen molar-refractivity contribution >= 4 is 40.5 Å². The standard InChI is InChI=1S/C53H67FN6O9/c1-10-44(62)58-22-19-34(29-58)50(64)57(7)47(31(3)4)49(63)55-40-26-36-24-35(27-42(61)46(36)54)33-17-18-41-37(25-33)38(28-53(5,6)30-69-52(66)39-15-13-21-60(56-39)51(40)65)48(59(41)11-2)45-32(20-23-67-8)14-12-16-43(45)68-9/h10,12,14,16-18,24-25,27,31,34,39-40,47,56,61H,1,11,13,15,19-23,26,28-30H2,2-9H3,(H,55,63)/t34-,39-,40-,47-/m0/s1. The zero-order chi connectivity index (χ0) is 49.9. The number of carbonyl (C=O) groups is 5. The number of halogens is 1. The van der Waals surface area contributed by atoms with Gasteiger partial charge >= 0.3 is 5.97 Å². The van der Waals surface area contributed by atoms with Gasteiger partial charge in [0.25, 0.3) is 5.91 Å². The van der Waals surface area contributed by atoms with E-state index in [0.717, 1.165) is 33.3 Å². The van der Waals surface area contributed by atoms with Gasteiger partial charge in [0.15, 0.2) is 11.6 Å². The Morgan fingerprint density at radius 3 is 2.55 bits per heavy atom. The monoisotopic (exact) mass is 950 g/mol. The van der Waals surface area contributed by atoms with Crippen LogP contribution in [0.3, 0.4) is 0 Å². The second-order valence-corrected chi connectivity index (χ2v) is 19.6. The second kappa shape index (κ2) is 21.2. The summed E-state index contributed by atoms with van der Waals surface area (Å²) in [5.41, 5.74) is 8.37. The fourth-order valence-corrected chi connectivity index (χ4v) is 10.3. The molecule has 1 aromatic heterocycles. The number of hydrogen-bond donors (Lipinski definition) is 3. The van der Waals surface area contributed by atoms with Crippen LogP contribution in [-0.4, -0.2) is 126 Å². The Hall–Kier alpha value is -6.26. The maximum atomic E-state index is 16.4. The average molecular weight is 951 g/mol. The Morgan fingerprint density at radius 2 is 1.86 bits per heavy atom. The number of aromatic hydroxyl groups is 1. The predicted molar refractivity (Wildman–Crippen MR) is 260 cm³/mol. The molecule has 6 bridgehead atoms. The van der Waals surface area contributed by atoms with Crippen LogP contribution in [0.4, 0.5) is 4.39 Å². The third-order valence-electron chi connectivity index (χ3n) is 13.8. The summed E-state index contributed by atoms with van der Waals surface area (Å²) < 4.78 is 36.3. The fourth-order valence-electron chi connectivity index (χ4n) is 10.3. The molecular weight excluding hydrogens is 884 g/mol. The Bertz CT molecular complexity index is 2620. The van der Waals surface area contributed by atoms with Crippen molar-refractivity contribution in [1.82, 2.24) is 30.1 Å². The summed E-state index contributed by atoms with van der Waals surface area (Å²) in [4.78, 5) is 72.4. The summed E-state index contributed by atoms with van der Waals surface area (Å²) in [6.45, 7) is 15.1. The zero-order valence-corrected chi connectivity index (χ0v) is 41.2. The molecule has 3 N–H and O–H groups in total. The van der Waals surface area contributed by atoms with Crippen molar-refractivity contribution in [3.8, 4) is 33.9 Å². The van der Waals surface area contributed by atoms with E-state index in [1.807, 2.05) is 44.2 Å². The van der Waals surface area contributed by atoms with Gasteiger partial charge in [-0.25, -0.2) is 9.82 Å². The number of benzene rings is 3. The van der Waals surface area contributed by atoms with E-state index in [1.165, 1.54) is 29.1 Å². The number of rotatable bonds is 12. The largest absolute Gasteiger partial charge is 0.505 e. The number of methoxy groups -OCH3 is 2. The van der Waals surface area contributed by atoms with Gasteiger partial charge < -0.3 is 39.0 Å². The molecule has 0 spiro atoms. The number of nitrogens with zero attached hydrogens (tertiary/aromatic N) is 4. The molecule has 0 radical (unpaired) electrons. The number of fused-ring (bicyclic) bond motifs is 6. The van der Waals surface area contributed by atoms with E-state index in [2.05, 4.69) is 34.9 Å². The topological polar surface area (TPSA) is 172 Å². The average Bonchev–Trinajstić information content (AvgIpc) is 3.95. The van der Waals surface area contributed by atoms with Crippen molar-refractivity contribution in [1.29, 1.82) is 0 Å². The number of ether oxygens (including phenoxy) is 3. The molecule has 2 fully saturated rings. The van der Waals surface area contributed by atoms with Gasteiger partial charge in [-0.2, -0.15) is 0 Å². The summed E-state index contributed by atoms with van der Waals surface area (Å²) >= 11 is 0. The number of likely N-dealkylation sites (tertiary alicyclic amines) is 1. The van der Waals surface area contributed by atoms with Gasteiger partial charge in [0.2, 0.25) is 17.7 Å². The fraction of sp³-hybridized carbons (Fsp3) is 0.491. The SMILES string of the molecule is C=CC(=O)N1CC[C@H](C(=O)N(C)[C@H](C(=O)N[C@H]2Cc3cc(cc(O)c3F)-c3ccc4c(c3)c(c(-c3c(CCOC)cccc3OC)n4CC)CC(C)(C)COC(=O)[C@@H]3CCCN(N3)C2=O)C(C)C)C1. The van der Waals surface area contributed by atoms with Crippen LogP contribution in [0.15, 0.2) is 61.2 Å². The van der Waals surface area contributed by atoms with E-state index in [4.69, 9.17) is 14.2 Å². The summed E-state index contributed by atoms with van der Waals surface area (Å²) in [7, 11) is 4.85. The molecule has 4 amide bonds. The van der Waals surface area contributed by atoms with Crippen molar-refractivity contribution < 1.29 is 47.7 Å². The Kier molecular flexibility index (Phi) is 15.5. The molecule has 69 heavy (non-hydrogen) atoms. The summed E-state index contributed by atoms with van der Waals surface area (Å²) in [5, 5.41) is 16.3. The number of aromatic nitrogens is 1. The minimum Gasteiger partial charge on any atom is -0.505 e. The molecule has 0 saturated carbocycles. The number of carbonyl (C=O) groups excluding carboxylic acids is 5. The number of likely N-dealkylation sites (N-methyl/N-ethyl adjacent to an activating group) is 1. The van der Waals surface area contributed by atoms with Crippen LogP contribution in [0.2, 0.25) is 0 Å². The first-order valence-electron chi connectivity index (χ1n) is 24.0. The molecule has 7 rings (SSSR count). The van der Waals surface area contributed by atoms with E-state index in [-0.39, 0.29) is 43.5 Å². The Balaban J connectivity index is 1.34. The van der Waals surface area contributed by atoms with Crippen molar-refractivity contribution in [2.75, 3.05) is 54.1 Å². The number of phenols is 1. The lowest BCUT2D eigenvalue weighted by atomic mass is 9.83. The summed E-state index contributed by atoms with van der Waals surface area (Å²) in [6, 6.07) is 11.5. The van der Waals surface area contributed by atoms with E-state index in [1.54, 1.807) is 39.0 Å². The maximum Gasteiger partial charge on any atom is 0.324 e. The number of phenolic OH excluding ortho intramolecular Hbond substituents is 1. The van der Waals surface area contributed by atoms with Gasteiger partial charge in [0.05, 0.1) is 31.9 Å². The molecular formula is C53H67FN6O9. The molecule has 3 aliphatic rings. The highest BCUT2D eigenvalue weighted by atomic mass is 19.1. The highest BCUT2D eigenvalue weighted by molar-refractivity contribution is 5.97. The van der Waals surface area contributed by atoms with Gasteiger partial charge in [0, 0.05) is 68.6 Å². The molecule has 16 heteroatoms. The first kappa shape index (κ1) is 50.6. The van der Waals surface area contributed by atoms with Gasteiger partial charge in [-0.15, -0.1) is 0 Å². The normalized spacial score (nSPS) is 20.1. The lowest BCUT2D eigenvalue weighted by molar-refractivity contribution is -0.155. The summed E-state index contributed by atoms with van der Waals surface area (Å²) in [6.07, 6.45) is 3.13. The smallest absolute Gasteiger partial charge is 0.324 e. The van der Waals surface area contributed by atoms with Crippen molar-refractivity contribution in [3.63, 3.8) is 0 Å². The Morgan fingerprint density at radius 1 is 1.09 bits per heavy atom. The number of amides is 4. The van der Waals surface area contributed by atoms with Crippen molar-refractivity contribution in [3.05, 3.63) is 83.7 Å². The molecule has 3 aliphatic heterocycles. The van der Waals surface area contributed by atoms with Gasteiger partial charge in [-0.05, 0) is 109 Å². The first-order chi connectivity index (χ1) is 32.9. The number of esters is 1. The van der Waals surface area contributed by atoms with Crippen LogP contribution < -0.4 is 15.5 Å². The van der Waals surface area contributed by atoms with E-state index in [9.17, 15) is 29.1 Å². The van der Waals surface area contributed by atoms with Crippen molar-refractivity contribution in [2.24, 2.45) is 17.3 Å². The first-order valence-corrected chi connectivity index (χ1v) is 24.0. The van der Waals surface area contributed by atoms with Gasteiger partial charge in [0.1, 0.15) is 23.9 Å². The number of nitrogens with one attached hydrogen (secondary N) is 2. The zero-order valence-electron chi connectivity index (χ0n) is 41.2. The lowest BCUT2D eigenvalue weighted by Gasteiger charge is -2.37. The Labute approximate surface area is 403 Å². The maximum absolute atomic E-state index is 16.4. The van der Waals surface area contributed by atoms with Crippen molar-refractivity contribution in [2.45, 2.75) is 97.8 Å². The third-order valence-corrected chi connectivity index (χ3v) is 13.8. The quantitative estimate of drug-likeness (QED) is 0.110. The lowest BCUT2D eigenvalue weighted by Crippen LogP contribution is -2.62. The third kappa shape index (κ3) is 10.5. The highest BCUT2D eigenvalue weighted by Gasteiger charge is 2.40. The van der Waals surface area contributed by atoms with Crippen LogP contribution in [0, 0.1) is 23.1 Å². The minimum atomic E-state index is -1.41. The van der Waals surface area contributed by atoms with Crippen LogP contribution in [0.1, 0.15) is 70.6 Å². The molecule has 2 saturated heterocycles.